The van der Waals surface area contributed by atoms with E-state index in [1.54, 1.807) is 6.20 Å². The maximum absolute atomic E-state index is 12.5. The van der Waals surface area contributed by atoms with Crippen LogP contribution in [0.15, 0.2) is 42.6 Å². The number of aryl methyl sites for hydroxylation is 1. The molecule has 0 aliphatic carbocycles. The Morgan fingerprint density at radius 1 is 1.36 bits per heavy atom. The SMILES string of the molecule is CC(NCc1ccccn1)C(=O)c1ccc2c(c1)CCCN2. The Balaban J connectivity index is 1.65. The Morgan fingerprint density at radius 2 is 2.27 bits per heavy atom. The maximum atomic E-state index is 12.5. The summed E-state index contributed by atoms with van der Waals surface area (Å²) in [7, 11) is 0. The van der Waals surface area contributed by atoms with Gasteiger partial charge in [-0.2, -0.15) is 0 Å². The van der Waals surface area contributed by atoms with E-state index in [1.807, 2.05) is 43.3 Å². The van der Waals surface area contributed by atoms with Crippen molar-refractivity contribution in [2.75, 3.05) is 11.9 Å². The summed E-state index contributed by atoms with van der Waals surface area (Å²) in [6.07, 6.45) is 3.93. The van der Waals surface area contributed by atoms with Gasteiger partial charge in [-0.05, 0) is 55.7 Å². The number of hydrogen-bond donors (Lipinski definition) is 2. The molecule has 114 valence electrons. The molecule has 1 aromatic carbocycles. The normalized spacial score (nSPS) is 14.8. The van der Waals surface area contributed by atoms with E-state index >= 15 is 0 Å². The molecule has 2 N–H and O–H groups in total. The number of ketones is 1. The molecule has 0 amide bonds. The first kappa shape index (κ1) is 14.7. The van der Waals surface area contributed by atoms with Crippen LogP contribution in [0.3, 0.4) is 0 Å². The van der Waals surface area contributed by atoms with E-state index in [2.05, 4.69) is 15.6 Å². The minimum absolute atomic E-state index is 0.129. The van der Waals surface area contributed by atoms with Gasteiger partial charge in [0.05, 0.1) is 11.7 Å². The molecule has 1 atom stereocenters. The molecule has 0 saturated heterocycles. The molecule has 0 fully saturated rings. The molecule has 2 aromatic rings. The third-order valence-corrected chi connectivity index (χ3v) is 4.04. The standard InChI is InChI=1S/C18H21N3O/c1-13(21-12-16-6-2-3-9-19-16)18(22)15-7-8-17-14(11-15)5-4-10-20-17/h2-3,6-9,11,13,20-21H,4-5,10,12H2,1H3. The van der Waals surface area contributed by atoms with Gasteiger partial charge in [0.2, 0.25) is 0 Å². The predicted molar refractivity (Wildman–Crippen MR) is 88.1 cm³/mol. The lowest BCUT2D eigenvalue weighted by atomic mass is 9.97. The Kier molecular flexibility index (Phi) is 4.49. The lowest BCUT2D eigenvalue weighted by Crippen LogP contribution is -2.33. The second kappa shape index (κ2) is 6.71. The molecular weight excluding hydrogens is 274 g/mol. The molecule has 1 unspecified atom stereocenters. The molecule has 2 heterocycles. The van der Waals surface area contributed by atoms with Crippen molar-refractivity contribution in [2.24, 2.45) is 0 Å². The van der Waals surface area contributed by atoms with Crippen LogP contribution in [-0.2, 0) is 13.0 Å². The number of pyridine rings is 1. The van der Waals surface area contributed by atoms with E-state index in [9.17, 15) is 4.79 Å². The summed E-state index contributed by atoms with van der Waals surface area (Å²) in [5.41, 5.74) is 4.13. The van der Waals surface area contributed by atoms with Gasteiger partial charge in [0.25, 0.3) is 0 Å². The number of rotatable bonds is 5. The molecule has 1 aliphatic heterocycles. The smallest absolute Gasteiger partial charge is 0.179 e. The number of fused-ring (bicyclic) bond motifs is 1. The fourth-order valence-electron chi connectivity index (χ4n) is 2.73. The molecule has 0 bridgehead atoms. The minimum Gasteiger partial charge on any atom is -0.385 e. The summed E-state index contributed by atoms with van der Waals surface area (Å²) >= 11 is 0. The van der Waals surface area contributed by atoms with Crippen LogP contribution in [0.2, 0.25) is 0 Å². The largest absolute Gasteiger partial charge is 0.385 e. The van der Waals surface area contributed by atoms with E-state index in [4.69, 9.17) is 0 Å². The molecule has 0 radical (unpaired) electrons. The number of carbonyl (C=O) groups excluding carboxylic acids is 1. The van der Waals surface area contributed by atoms with Gasteiger partial charge in [-0.1, -0.05) is 6.07 Å². The Labute approximate surface area is 131 Å². The van der Waals surface area contributed by atoms with Crippen molar-refractivity contribution in [1.82, 2.24) is 10.3 Å². The van der Waals surface area contributed by atoms with Gasteiger partial charge in [0.15, 0.2) is 5.78 Å². The van der Waals surface area contributed by atoms with E-state index < -0.39 is 0 Å². The molecule has 4 heteroatoms. The summed E-state index contributed by atoms with van der Waals surface area (Å²) < 4.78 is 0. The lowest BCUT2D eigenvalue weighted by Gasteiger charge is -2.19. The molecule has 0 saturated carbocycles. The highest BCUT2D eigenvalue weighted by molar-refractivity contribution is 6.00. The third kappa shape index (κ3) is 3.34. The van der Waals surface area contributed by atoms with Crippen LogP contribution >= 0.6 is 0 Å². The van der Waals surface area contributed by atoms with Crippen molar-refractivity contribution in [2.45, 2.75) is 32.4 Å². The van der Waals surface area contributed by atoms with Crippen molar-refractivity contribution >= 4 is 11.5 Å². The average Bonchev–Trinajstić information content (AvgIpc) is 2.59. The zero-order chi connectivity index (χ0) is 15.4. The van der Waals surface area contributed by atoms with Crippen LogP contribution in [0.4, 0.5) is 5.69 Å². The first-order chi connectivity index (χ1) is 10.7. The number of carbonyl (C=O) groups is 1. The molecule has 0 spiro atoms. The second-order valence-electron chi connectivity index (χ2n) is 5.69. The van der Waals surface area contributed by atoms with E-state index in [0.29, 0.717) is 6.54 Å². The zero-order valence-electron chi connectivity index (χ0n) is 12.8. The Bertz CT molecular complexity index is 655. The van der Waals surface area contributed by atoms with Gasteiger partial charge in [0, 0.05) is 30.5 Å². The van der Waals surface area contributed by atoms with E-state index in [1.165, 1.54) is 5.56 Å². The van der Waals surface area contributed by atoms with Gasteiger partial charge < -0.3 is 10.6 Å². The number of nitrogens with zero attached hydrogens (tertiary/aromatic N) is 1. The highest BCUT2D eigenvalue weighted by atomic mass is 16.1. The van der Waals surface area contributed by atoms with Gasteiger partial charge in [-0.25, -0.2) is 0 Å². The molecule has 1 aromatic heterocycles. The predicted octanol–water partition coefficient (Wildman–Crippen LogP) is 2.80. The number of anilines is 1. The van der Waals surface area contributed by atoms with Crippen molar-refractivity contribution in [3.63, 3.8) is 0 Å². The Morgan fingerprint density at radius 3 is 3.09 bits per heavy atom. The van der Waals surface area contributed by atoms with Gasteiger partial charge in [-0.15, -0.1) is 0 Å². The summed E-state index contributed by atoms with van der Waals surface area (Å²) in [5.74, 6) is 0.129. The topological polar surface area (TPSA) is 54.0 Å². The van der Waals surface area contributed by atoms with Crippen LogP contribution in [0, 0.1) is 0 Å². The van der Waals surface area contributed by atoms with E-state index in [-0.39, 0.29) is 11.8 Å². The highest BCUT2D eigenvalue weighted by Gasteiger charge is 2.17. The van der Waals surface area contributed by atoms with Gasteiger partial charge in [0.1, 0.15) is 0 Å². The van der Waals surface area contributed by atoms with Crippen LogP contribution in [0.25, 0.3) is 0 Å². The first-order valence-electron chi connectivity index (χ1n) is 7.78. The van der Waals surface area contributed by atoms with Crippen LogP contribution < -0.4 is 10.6 Å². The zero-order valence-corrected chi connectivity index (χ0v) is 12.8. The summed E-state index contributed by atoms with van der Waals surface area (Å²) in [6.45, 7) is 3.52. The Hall–Kier alpha value is -2.20. The van der Waals surface area contributed by atoms with Crippen molar-refractivity contribution in [3.05, 3.63) is 59.4 Å². The van der Waals surface area contributed by atoms with Gasteiger partial charge >= 0.3 is 0 Å². The molecule has 3 rings (SSSR count). The monoisotopic (exact) mass is 295 g/mol. The number of nitrogens with one attached hydrogen (secondary N) is 2. The third-order valence-electron chi connectivity index (χ3n) is 4.04. The minimum atomic E-state index is -0.225. The number of hydrogen-bond acceptors (Lipinski definition) is 4. The van der Waals surface area contributed by atoms with Gasteiger partial charge in [-0.3, -0.25) is 9.78 Å². The lowest BCUT2D eigenvalue weighted by molar-refractivity contribution is 0.0950. The summed E-state index contributed by atoms with van der Waals surface area (Å²) in [5, 5.41) is 6.62. The van der Waals surface area contributed by atoms with Crippen molar-refractivity contribution < 1.29 is 4.79 Å². The fourth-order valence-corrected chi connectivity index (χ4v) is 2.73. The molecule has 1 aliphatic rings. The maximum Gasteiger partial charge on any atom is 0.179 e. The van der Waals surface area contributed by atoms with Crippen molar-refractivity contribution in [1.29, 1.82) is 0 Å². The second-order valence-corrected chi connectivity index (χ2v) is 5.69. The average molecular weight is 295 g/mol. The molecular formula is C18H21N3O. The number of aromatic nitrogens is 1. The van der Waals surface area contributed by atoms with Crippen LogP contribution in [-0.4, -0.2) is 23.4 Å². The molecule has 4 nitrogen and oxygen atoms in total. The first-order valence-corrected chi connectivity index (χ1v) is 7.78. The van der Waals surface area contributed by atoms with Crippen LogP contribution in [0.5, 0.6) is 0 Å². The number of benzene rings is 1. The fraction of sp³-hybridized carbons (Fsp3) is 0.333. The van der Waals surface area contributed by atoms with E-state index in [0.717, 1.165) is 36.3 Å². The summed E-state index contributed by atoms with van der Waals surface area (Å²) in [6, 6.07) is 11.5. The number of Topliss-reactive ketones (excluding diaryl/α,β-unsaturated/α-hetero) is 1. The quantitative estimate of drug-likeness (QED) is 0.833. The summed E-state index contributed by atoms with van der Waals surface area (Å²) in [4.78, 5) is 16.8. The van der Waals surface area contributed by atoms with Crippen molar-refractivity contribution in [3.8, 4) is 0 Å². The van der Waals surface area contributed by atoms with Crippen LogP contribution in [0.1, 0.15) is 35.0 Å². The highest BCUT2D eigenvalue weighted by Crippen LogP contribution is 2.23. The molecule has 22 heavy (non-hydrogen) atoms.